The van der Waals surface area contributed by atoms with Gasteiger partial charge in [0.15, 0.2) is 0 Å². The standard InChI is InChI=1S/C23H37N2O3S.Na.O3S/c1-4-25(5-2)20-12-10-18(11-13-20)23(19-14-16-24(3)17-15-19)21-8-6-7-9-22(21)29(26,27)28;;1-4(2)3/h7,10-13,19-22H,4-6,8-9,14-17H2,1-3H3,(H,26,27,28);;/q-1;+1;. The van der Waals surface area contributed by atoms with Gasteiger partial charge in [0.05, 0.1) is 23.2 Å². The van der Waals surface area contributed by atoms with Gasteiger partial charge in [0, 0.05) is 5.25 Å². The largest absolute Gasteiger partial charge is 1.00 e. The first-order chi connectivity index (χ1) is 15.6. The summed E-state index contributed by atoms with van der Waals surface area (Å²) in [6.07, 6.45) is 15.0. The Labute approximate surface area is 228 Å². The molecule has 2 atom stereocenters. The molecule has 11 heteroatoms. The zero-order chi connectivity index (χ0) is 24.6. The van der Waals surface area contributed by atoms with E-state index in [2.05, 4.69) is 50.1 Å². The minimum Gasteiger partial charge on any atom is -0.748 e. The van der Waals surface area contributed by atoms with Crippen molar-refractivity contribution in [2.75, 3.05) is 33.2 Å². The Morgan fingerprint density at radius 3 is 2.12 bits per heavy atom. The smallest absolute Gasteiger partial charge is 0.748 e. The first kappa shape index (κ1) is 31.7. The minimum atomic E-state index is -4.32. The number of nitrogens with one attached hydrogen (secondary N) is 1. The third-order valence-electron chi connectivity index (χ3n) is 7.14. The first-order valence-corrected chi connectivity index (χ1v) is 14.2. The minimum absolute atomic E-state index is 0. The summed E-state index contributed by atoms with van der Waals surface area (Å²) in [5.74, 6) is 0.206. The molecule has 2 unspecified atom stereocenters. The van der Waals surface area contributed by atoms with Crippen LogP contribution < -0.4 is 34.5 Å². The van der Waals surface area contributed by atoms with Crippen molar-refractivity contribution in [3.8, 4) is 0 Å². The number of likely N-dealkylation sites (tertiary alicyclic amines) is 1. The Morgan fingerprint density at radius 2 is 1.65 bits per heavy atom. The molecular formula is C23H37N2NaO6S2. The van der Waals surface area contributed by atoms with Crippen LogP contribution in [0.5, 0.6) is 0 Å². The van der Waals surface area contributed by atoms with Gasteiger partial charge in [-0.25, -0.2) is 8.42 Å². The molecule has 8 nitrogen and oxygen atoms in total. The van der Waals surface area contributed by atoms with E-state index in [-0.39, 0.29) is 35.5 Å². The van der Waals surface area contributed by atoms with Gasteiger partial charge in [0.25, 0.3) is 0 Å². The van der Waals surface area contributed by atoms with E-state index < -0.39 is 26.0 Å². The van der Waals surface area contributed by atoms with E-state index in [1.165, 1.54) is 10.5 Å². The molecule has 3 aliphatic rings. The molecular weight excluding hydrogens is 487 g/mol. The maximum Gasteiger partial charge on any atom is 1.00 e. The van der Waals surface area contributed by atoms with Crippen LogP contribution in [0.2, 0.25) is 0 Å². The van der Waals surface area contributed by atoms with Gasteiger partial charge in [-0.2, -0.15) is 12.8 Å². The quantitative estimate of drug-likeness (QED) is 0.242. The second-order valence-electron chi connectivity index (χ2n) is 9.04. The second-order valence-corrected chi connectivity index (χ2v) is 11.0. The molecule has 34 heavy (non-hydrogen) atoms. The number of likely N-dealkylation sites (N-methyl/N-ethyl adjacent to an activating group) is 1. The normalized spacial score (nSPS) is 25.9. The molecule has 1 saturated heterocycles. The van der Waals surface area contributed by atoms with Crippen molar-refractivity contribution < 1.29 is 60.1 Å². The van der Waals surface area contributed by atoms with Crippen molar-refractivity contribution in [2.24, 2.45) is 11.8 Å². The number of allylic oxidation sites excluding steroid dienone is 4. The number of nitrogens with zero attached hydrogens (tertiary/aromatic N) is 1. The van der Waals surface area contributed by atoms with E-state index in [1.807, 2.05) is 6.42 Å². The van der Waals surface area contributed by atoms with Gasteiger partial charge >= 0.3 is 40.2 Å². The molecule has 0 spiro atoms. The third-order valence-corrected chi connectivity index (χ3v) is 8.40. The molecule has 188 valence electrons. The average Bonchev–Trinajstić information content (AvgIpc) is 2.76. The van der Waals surface area contributed by atoms with Crippen LogP contribution in [0.1, 0.15) is 46.0 Å². The summed E-state index contributed by atoms with van der Waals surface area (Å²) in [5, 5.41) is -0.814. The molecule has 2 aliphatic carbocycles. The van der Waals surface area contributed by atoms with Gasteiger partial charge < -0.3 is 20.8 Å². The Bertz CT molecular complexity index is 928. The van der Waals surface area contributed by atoms with Crippen LogP contribution in [-0.2, 0) is 20.7 Å². The molecule has 2 fully saturated rings. The molecule has 0 aromatic rings. The van der Waals surface area contributed by atoms with Crippen LogP contribution in [0.25, 0.3) is 0 Å². The number of rotatable bonds is 6. The maximum atomic E-state index is 12.1. The van der Waals surface area contributed by atoms with Gasteiger partial charge in [-0.3, -0.25) is 0 Å². The fraction of sp³-hybridized carbons (Fsp3) is 0.696. The summed E-state index contributed by atoms with van der Waals surface area (Å²) < 4.78 is 61.6. The fourth-order valence-corrected chi connectivity index (χ4v) is 6.45. The molecule has 0 aromatic heterocycles. The predicted molar refractivity (Wildman–Crippen MR) is 126 cm³/mol. The summed E-state index contributed by atoms with van der Waals surface area (Å²) >= 11 is 0. The van der Waals surface area contributed by atoms with Crippen LogP contribution in [0, 0.1) is 18.3 Å². The van der Waals surface area contributed by atoms with E-state index in [0.717, 1.165) is 57.4 Å². The average molecular weight is 525 g/mol. The summed E-state index contributed by atoms with van der Waals surface area (Å²) in [5.41, 5.74) is 2.39. The maximum absolute atomic E-state index is 12.1. The van der Waals surface area contributed by atoms with Crippen molar-refractivity contribution in [1.29, 1.82) is 0 Å². The van der Waals surface area contributed by atoms with Crippen molar-refractivity contribution in [3.63, 3.8) is 0 Å². The monoisotopic (exact) mass is 524 g/mol. The molecule has 1 N–H and O–H groups in total. The SMILES string of the molecule is CC[NH+](CC)C1C=CC(=C(C2CCN(C)CC2)C2CC[CH-]CC2S(=O)(=O)[O-])C=C1.O=S(=O)=O.[Na+]. The Morgan fingerprint density at radius 1 is 1.12 bits per heavy atom. The van der Waals surface area contributed by atoms with Crippen LogP contribution in [0.15, 0.2) is 35.5 Å². The van der Waals surface area contributed by atoms with Crippen molar-refractivity contribution in [2.45, 2.75) is 57.2 Å². The number of piperidine rings is 1. The van der Waals surface area contributed by atoms with Crippen molar-refractivity contribution in [3.05, 3.63) is 41.9 Å². The molecule has 1 heterocycles. The fourth-order valence-electron chi connectivity index (χ4n) is 5.40. The summed E-state index contributed by atoms with van der Waals surface area (Å²) in [6.45, 7) is 8.61. The molecule has 0 radical (unpaired) electrons. The van der Waals surface area contributed by atoms with Gasteiger partial charge in [-0.05, 0) is 76.4 Å². The molecule has 3 rings (SSSR count). The molecule has 0 aromatic carbocycles. The summed E-state index contributed by atoms with van der Waals surface area (Å²) in [6, 6.07) is 0.367. The summed E-state index contributed by atoms with van der Waals surface area (Å²) in [4.78, 5) is 3.85. The predicted octanol–water partition coefficient (Wildman–Crippen LogP) is -2.04. The second kappa shape index (κ2) is 15.0. The van der Waals surface area contributed by atoms with Crippen LogP contribution in [0.4, 0.5) is 0 Å². The van der Waals surface area contributed by atoms with Crippen molar-refractivity contribution in [1.82, 2.24) is 4.90 Å². The molecule has 0 amide bonds. The number of hydrogen-bond acceptors (Lipinski definition) is 7. The van der Waals surface area contributed by atoms with E-state index in [4.69, 9.17) is 12.6 Å². The van der Waals surface area contributed by atoms with Gasteiger partial charge in [0.2, 0.25) is 0 Å². The van der Waals surface area contributed by atoms with Gasteiger partial charge in [-0.1, -0.05) is 24.1 Å². The number of hydrogen-bond donors (Lipinski definition) is 1. The van der Waals surface area contributed by atoms with E-state index in [9.17, 15) is 13.0 Å². The third kappa shape index (κ3) is 9.28. The van der Waals surface area contributed by atoms with Crippen LogP contribution >= 0.6 is 0 Å². The molecule has 1 aliphatic heterocycles. The van der Waals surface area contributed by atoms with E-state index >= 15 is 0 Å². The van der Waals surface area contributed by atoms with Crippen molar-refractivity contribution >= 4 is 20.7 Å². The first-order valence-electron chi connectivity index (χ1n) is 11.7. The molecule has 1 saturated carbocycles. The van der Waals surface area contributed by atoms with Crippen LogP contribution in [-0.4, -0.2) is 75.0 Å². The summed E-state index contributed by atoms with van der Waals surface area (Å²) in [7, 11) is -5.29. The Hall–Kier alpha value is -0.330. The Balaban J connectivity index is 0.00000107. The molecule has 0 bridgehead atoms. The van der Waals surface area contributed by atoms with Gasteiger partial charge in [0.1, 0.15) is 6.04 Å². The number of quaternary nitrogens is 1. The van der Waals surface area contributed by atoms with E-state index in [1.54, 1.807) is 0 Å². The van der Waals surface area contributed by atoms with Gasteiger partial charge in [-0.15, -0.1) is 12.6 Å². The zero-order valence-corrected chi connectivity index (χ0v) is 24.4. The topological polar surface area (TPSA) is 116 Å². The Kier molecular flexibility index (Phi) is 14.0. The zero-order valence-electron chi connectivity index (χ0n) is 20.8. The van der Waals surface area contributed by atoms with E-state index in [0.29, 0.717) is 18.4 Å². The van der Waals surface area contributed by atoms with Crippen LogP contribution in [0.3, 0.4) is 0 Å².